The summed E-state index contributed by atoms with van der Waals surface area (Å²) in [5.41, 5.74) is 1.75. The van der Waals surface area contributed by atoms with Crippen molar-refractivity contribution in [1.29, 1.82) is 0 Å². The Bertz CT molecular complexity index is 581. The maximum atomic E-state index is 10.9. The first kappa shape index (κ1) is 14.0. The standard InChI is InChI=1S/C15H15NO4/c1-19-8-9-20-13-4-2-11(3-5-13)12-6-7-16-14(10-12)15(17)18/h2-7,10H,8-9H2,1H3,(H,17,18). The molecule has 20 heavy (non-hydrogen) atoms. The fraction of sp³-hybridized carbons (Fsp3) is 0.200. The number of methoxy groups -OCH3 is 1. The van der Waals surface area contributed by atoms with Crippen LogP contribution in [0.2, 0.25) is 0 Å². The van der Waals surface area contributed by atoms with E-state index in [-0.39, 0.29) is 5.69 Å². The van der Waals surface area contributed by atoms with Crippen molar-refractivity contribution >= 4 is 5.97 Å². The van der Waals surface area contributed by atoms with Crippen LogP contribution in [0.5, 0.6) is 5.75 Å². The van der Waals surface area contributed by atoms with Gasteiger partial charge < -0.3 is 14.6 Å². The quantitative estimate of drug-likeness (QED) is 0.819. The summed E-state index contributed by atoms with van der Waals surface area (Å²) in [5.74, 6) is -0.287. The van der Waals surface area contributed by atoms with Crippen LogP contribution in [0.25, 0.3) is 11.1 Å². The highest BCUT2D eigenvalue weighted by molar-refractivity contribution is 5.87. The maximum absolute atomic E-state index is 10.9. The van der Waals surface area contributed by atoms with Crippen molar-refractivity contribution in [1.82, 2.24) is 4.98 Å². The van der Waals surface area contributed by atoms with Crippen LogP contribution < -0.4 is 4.74 Å². The lowest BCUT2D eigenvalue weighted by molar-refractivity contribution is 0.0690. The predicted molar refractivity (Wildman–Crippen MR) is 74.0 cm³/mol. The molecule has 1 heterocycles. The Morgan fingerprint density at radius 3 is 2.55 bits per heavy atom. The lowest BCUT2D eigenvalue weighted by Crippen LogP contribution is -2.04. The molecule has 2 rings (SSSR count). The van der Waals surface area contributed by atoms with Gasteiger partial charge in [0.2, 0.25) is 0 Å². The van der Waals surface area contributed by atoms with Crippen LogP contribution in [-0.4, -0.2) is 36.4 Å². The van der Waals surface area contributed by atoms with Gasteiger partial charge in [-0.25, -0.2) is 9.78 Å². The number of pyridine rings is 1. The summed E-state index contributed by atoms with van der Waals surface area (Å²) in [6.07, 6.45) is 1.49. The third kappa shape index (κ3) is 3.55. The molecule has 1 aromatic carbocycles. The first-order valence-corrected chi connectivity index (χ1v) is 6.12. The molecule has 5 heteroatoms. The van der Waals surface area contributed by atoms with Gasteiger partial charge in [-0.15, -0.1) is 0 Å². The largest absolute Gasteiger partial charge is 0.491 e. The number of nitrogens with zero attached hydrogens (tertiary/aromatic N) is 1. The van der Waals surface area contributed by atoms with Gasteiger partial charge in [0.15, 0.2) is 0 Å². The van der Waals surface area contributed by atoms with E-state index in [4.69, 9.17) is 14.6 Å². The number of hydrogen-bond donors (Lipinski definition) is 1. The van der Waals surface area contributed by atoms with Crippen LogP contribution >= 0.6 is 0 Å². The monoisotopic (exact) mass is 273 g/mol. The summed E-state index contributed by atoms with van der Waals surface area (Å²) in [6.45, 7) is 1.03. The number of rotatable bonds is 6. The molecule has 1 N–H and O–H groups in total. The van der Waals surface area contributed by atoms with Crippen LogP contribution in [0.3, 0.4) is 0 Å². The van der Waals surface area contributed by atoms with Crippen LogP contribution in [0.15, 0.2) is 42.6 Å². The predicted octanol–water partition coefficient (Wildman–Crippen LogP) is 2.47. The van der Waals surface area contributed by atoms with Crippen LogP contribution in [0.1, 0.15) is 10.5 Å². The molecule has 0 aliphatic carbocycles. The van der Waals surface area contributed by atoms with Crippen LogP contribution in [0, 0.1) is 0 Å². The molecule has 0 saturated carbocycles. The molecule has 0 atom stereocenters. The summed E-state index contributed by atoms with van der Waals surface area (Å²) in [6, 6.07) is 10.8. The zero-order valence-corrected chi connectivity index (χ0v) is 11.1. The fourth-order valence-corrected chi connectivity index (χ4v) is 1.71. The normalized spacial score (nSPS) is 10.2. The Labute approximate surface area is 116 Å². The first-order valence-electron chi connectivity index (χ1n) is 6.12. The van der Waals surface area contributed by atoms with Gasteiger partial charge in [0.1, 0.15) is 18.1 Å². The number of hydrogen-bond acceptors (Lipinski definition) is 4. The molecule has 0 fully saturated rings. The minimum atomic E-state index is -1.04. The first-order chi connectivity index (χ1) is 9.70. The molecule has 0 saturated heterocycles. The number of carboxylic acids is 1. The molecule has 0 unspecified atom stereocenters. The van der Waals surface area contributed by atoms with Crippen molar-refractivity contribution in [3.63, 3.8) is 0 Å². The van der Waals surface area contributed by atoms with Crippen molar-refractivity contribution < 1.29 is 19.4 Å². The van der Waals surface area contributed by atoms with E-state index in [0.29, 0.717) is 13.2 Å². The van der Waals surface area contributed by atoms with E-state index < -0.39 is 5.97 Å². The lowest BCUT2D eigenvalue weighted by Gasteiger charge is -2.07. The van der Waals surface area contributed by atoms with Crippen molar-refractivity contribution in [3.8, 4) is 16.9 Å². The number of ether oxygens (including phenoxy) is 2. The molecule has 5 nitrogen and oxygen atoms in total. The second-order valence-electron chi connectivity index (χ2n) is 4.10. The second-order valence-corrected chi connectivity index (χ2v) is 4.10. The van der Waals surface area contributed by atoms with E-state index in [9.17, 15) is 4.79 Å². The summed E-state index contributed by atoms with van der Waals surface area (Å²) < 4.78 is 10.4. The van der Waals surface area contributed by atoms with E-state index in [0.717, 1.165) is 16.9 Å². The van der Waals surface area contributed by atoms with Crippen molar-refractivity contribution in [2.24, 2.45) is 0 Å². The summed E-state index contributed by atoms with van der Waals surface area (Å²) in [4.78, 5) is 14.7. The van der Waals surface area contributed by atoms with Gasteiger partial charge in [-0.3, -0.25) is 0 Å². The molecule has 0 aliphatic heterocycles. The average molecular weight is 273 g/mol. The summed E-state index contributed by atoms with van der Waals surface area (Å²) in [7, 11) is 1.62. The smallest absolute Gasteiger partial charge is 0.354 e. The topological polar surface area (TPSA) is 68.7 Å². The van der Waals surface area contributed by atoms with E-state index in [1.165, 1.54) is 6.20 Å². The highest BCUT2D eigenvalue weighted by Gasteiger charge is 2.06. The Kier molecular flexibility index (Phi) is 4.68. The molecule has 2 aromatic rings. The Balaban J connectivity index is 2.13. The van der Waals surface area contributed by atoms with Gasteiger partial charge in [-0.1, -0.05) is 12.1 Å². The molecule has 0 spiro atoms. The molecular weight excluding hydrogens is 258 g/mol. The van der Waals surface area contributed by atoms with Gasteiger partial charge in [0.25, 0.3) is 0 Å². The fourth-order valence-electron chi connectivity index (χ4n) is 1.71. The van der Waals surface area contributed by atoms with Gasteiger partial charge in [0.05, 0.1) is 6.61 Å². The molecule has 1 aromatic heterocycles. The highest BCUT2D eigenvalue weighted by Crippen LogP contribution is 2.22. The zero-order valence-electron chi connectivity index (χ0n) is 11.1. The molecule has 0 aliphatic rings. The van der Waals surface area contributed by atoms with Gasteiger partial charge in [-0.2, -0.15) is 0 Å². The average Bonchev–Trinajstić information content (AvgIpc) is 2.48. The molecule has 0 bridgehead atoms. The third-order valence-electron chi connectivity index (χ3n) is 2.72. The van der Waals surface area contributed by atoms with Gasteiger partial charge in [0, 0.05) is 13.3 Å². The number of benzene rings is 1. The summed E-state index contributed by atoms with van der Waals surface area (Å²) >= 11 is 0. The second kappa shape index (κ2) is 6.68. The molecular formula is C15H15NO4. The zero-order chi connectivity index (χ0) is 14.4. The van der Waals surface area contributed by atoms with Crippen LogP contribution in [-0.2, 0) is 4.74 Å². The Hall–Kier alpha value is -2.40. The minimum absolute atomic E-state index is 0.0305. The SMILES string of the molecule is COCCOc1ccc(-c2ccnc(C(=O)O)c2)cc1. The van der Waals surface area contributed by atoms with Crippen molar-refractivity contribution in [3.05, 3.63) is 48.3 Å². The van der Waals surface area contributed by atoms with E-state index >= 15 is 0 Å². The number of aromatic nitrogens is 1. The molecule has 0 radical (unpaired) electrons. The Morgan fingerprint density at radius 2 is 1.90 bits per heavy atom. The van der Waals surface area contributed by atoms with Crippen molar-refractivity contribution in [2.45, 2.75) is 0 Å². The maximum Gasteiger partial charge on any atom is 0.354 e. The molecule has 0 amide bonds. The van der Waals surface area contributed by atoms with Crippen molar-refractivity contribution in [2.75, 3.05) is 20.3 Å². The minimum Gasteiger partial charge on any atom is -0.491 e. The van der Waals surface area contributed by atoms with Crippen LogP contribution in [0.4, 0.5) is 0 Å². The third-order valence-corrected chi connectivity index (χ3v) is 2.72. The van der Waals surface area contributed by atoms with Gasteiger partial charge in [-0.05, 0) is 35.4 Å². The Morgan fingerprint density at radius 1 is 1.15 bits per heavy atom. The van der Waals surface area contributed by atoms with E-state index in [1.807, 2.05) is 24.3 Å². The molecule has 104 valence electrons. The van der Waals surface area contributed by atoms with Gasteiger partial charge >= 0.3 is 5.97 Å². The number of carbonyl (C=O) groups is 1. The lowest BCUT2D eigenvalue weighted by atomic mass is 10.1. The van der Waals surface area contributed by atoms with E-state index in [1.54, 1.807) is 19.2 Å². The number of aromatic carboxylic acids is 1. The number of carboxylic acid groups (broad SMARTS) is 1. The highest BCUT2D eigenvalue weighted by atomic mass is 16.5. The summed E-state index contributed by atoms with van der Waals surface area (Å²) in [5, 5.41) is 8.93. The van der Waals surface area contributed by atoms with E-state index in [2.05, 4.69) is 4.98 Å².